The average molecular weight is 290 g/mol. The lowest BCUT2D eigenvalue weighted by Crippen LogP contribution is -2.33. The zero-order chi connectivity index (χ0) is 15.1. The summed E-state index contributed by atoms with van der Waals surface area (Å²) < 4.78 is 0. The van der Waals surface area contributed by atoms with Crippen molar-refractivity contribution in [3.05, 3.63) is 34.9 Å². The summed E-state index contributed by atoms with van der Waals surface area (Å²) in [6, 6.07) is 7.16. The second-order valence-corrected chi connectivity index (χ2v) is 6.39. The molecule has 1 atom stereocenters. The van der Waals surface area contributed by atoms with Gasteiger partial charge in [0.15, 0.2) is 0 Å². The van der Waals surface area contributed by atoms with Crippen LogP contribution in [-0.4, -0.2) is 42.3 Å². The number of benzene rings is 1. The summed E-state index contributed by atoms with van der Waals surface area (Å²) in [6.45, 7) is 8.98. The summed E-state index contributed by atoms with van der Waals surface area (Å²) >= 11 is 0. The van der Waals surface area contributed by atoms with E-state index in [1.165, 1.54) is 48.9 Å². The Morgan fingerprint density at radius 3 is 2.67 bits per heavy atom. The second kappa shape index (κ2) is 8.52. The number of hydrogen-bond donors (Lipinski definition) is 2. The van der Waals surface area contributed by atoms with Crippen LogP contribution in [-0.2, 0) is 6.54 Å². The molecule has 3 nitrogen and oxygen atoms in total. The van der Waals surface area contributed by atoms with Crippen molar-refractivity contribution in [2.75, 3.05) is 26.2 Å². The van der Waals surface area contributed by atoms with Gasteiger partial charge in [0.2, 0.25) is 0 Å². The first-order chi connectivity index (χ1) is 10.2. The quantitative estimate of drug-likeness (QED) is 0.723. The Kier molecular flexibility index (Phi) is 6.68. The van der Waals surface area contributed by atoms with Gasteiger partial charge >= 0.3 is 0 Å². The maximum atomic E-state index is 9.29. The monoisotopic (exact) mass is 290 g/mol. The first kappa shape index (κ1) is 16.5. The maximum absolute atomic E-state index is 9.29. The van der Waals surface area contributed by atoms with Gasteiger partial charge in [0.05, 0.1) is 6.61 Å². The van der Waals surface area contributed by atoms with Gasteiger partial charge in [-0.1, -0.05) is 29.3 Å². The van der Waals surface area contributed by atoms with Gasteiger partial charge in [0, 0.05) is 12.6 Å². The molecule has 3 heteroatoms. The van der Waals surface area contributed by atoms with Crippen molar-refractivity contribution >= 4 is 0 Å². The molecule has 1 aliphatic rings. The lowest BCUT2D eigenvalue weighted by atomic mass is 10.1. The Morgan fingerprint density at radius 1 is 1.19 bits per heavy atom. The summed E-state index contributed by atoms with van der Waals surface area (Å²) in [6.07, 6.45) is 4.84. The number of rotatable bonds is 8. The van der Waals surface area contributed by atoms with E-state index < -0.39 is 0 Å². The molecule has 118 valence electrons. The molecule has 0 radical (unpaired) electrons. The highest BCUT2D eigenvalue weighted by Crippen LogP contribution is 2.16. The van der Waals surface area contributed by atoms with Crippen LogP contribution in [0.15, 0.2) is 18.2 Å². The lowest BCUT2D eigenvalue weighted by Gasteiger charge is -2.22. The van der Waals surface area contributed by atoms with Gasteiger partial charge in [-0.05, 0) is 64.7 Å². The molecule has 2 rings (SSSR count). The smallest absolute Gasteiger partial charge is 0.0586 e. The Labute approximate surface area is 129 Å². The van der Waals surface area contributed by atoms with Crippen molar-refractivity contribution in [2.24, 2.45) is 0 Å². The zero-order valence-electron chi connectivity index (χ0n) is 13.6. The van der Waals surface area contributed by atoms with Crippen LogP contribution in [0.25, 0.3) is 0 Å². The molecule has 1 fully saturated rings. The molecular formula is C18H30N2O. The van der Waals surface area contributed by atoms with Crippen molar-refractivity contribution in [2.45, 2.75) is 52.1 Å². The van der Waals surface area contributed by atoms with Gasteiger partial charge in [-0.3, -0.25) is 4.90 Å². The van der Waals surface area contributed by atoms with E-state index >= 15 is 0 Å². The van der Waals surface area contributed by atoms with Gasteiger partial charge in [0.1, 0.15) is 0 Å². The van der Waals surface area contributed by atoms with Crippen molar-refractivity contribution in [1.82, 2.24) is 10.2 Å². The second-order valence-electron chi connectivity index (χ2n) is 6.39. The van der Waals surface area contributed by atoms with Crippen LogP contribution < -0.4 is 5.32 Å². The van der Waals surface area contributed by atoms with Crippen LogP contribution in [0.4, 0.5) is 0 Å². The Hall–Kier alpha value is -0.900. The van der Waals surface area contributed by atoms with Gasteiger partial charge < -0.3 is 10.4 Å². The third-order valence-electron chi connectivity index (χ3n) is 4.37. The Morgan fingerprint density at radius 2 is 1.95 bits per heavy atom. The fraction of sp³-hybridized carbons (Fsp3) is 0.667. The van der Waals surface area contributed by atoms with Gasteiger partial charge in [-0.25, -0.2) is 0 Å². The number of aryl methyl sites for hydroxylation is 2. The molecule has 0 aliphatic carbocycles. The van der Waals surface area contributed by atoms with Crippen LogP contribution in [0.2, 0.25) is 0 Å². The summed E-state index contributed by atoms with van der Waals surface area (Å²) in [5.74, 6) is 0. The van der Waals surface area contributed by atoms with E-state index in [2.05, 4.69) is 42.3 Å². The zero-order valence-corrected chi connectivity index (χ0v) is 13.6. The number of hydrogen-bond acceptors (Lipinski definition) is 3. The van der Waals surface area contributed by atoms with Crippen LogP contribution >= 0.6 is 0 Å². The number of nitrogens with zero attached hydrogens (tertiary/aromatic N) is 1. The lowest BCUT2D eigenvalue weighted by molar-refractivity contribution is 0.157. The minimum absolute atomic E-state index is 0.324. The molecule has 0 saturated carbocycles. The Balaban J connectivity index is 1.58. The summed E-state index contributed by atoms with van der Waals surface area (Å²) in [7, 11) is 0. The van der Waals surface area contributed by atoms with E-state index in [0.29, 0.717) is 12.6 Å². The molecule has 1 aromatic carbocycles. The highest BCUT2D eigenvalue weighted by molar-refractivity contribution is 5.28. The van der Waals surface area contributed by atoms with E-state index in [1.807, 2.05) is 0 Å². The van der Waals surface area contributed by atoms with Crippen molar-refractivity contribution < 1.29 is 5.11 Å². The summed E-state index contributed by atoms with van der Waals surface area (Å²) in [5.41, 5.74) is 4.07. The fourth-order valence-corrected chi connectivity index (χ4v) is 3.36. The third-order valence-corrected chi connectivity index (χ3v) is 4.37. The van der Waals surface area contributed by atoms with Crippen molar-refractivity contribution in [3.63, 3.8) is 0 Å². The minimum Gasteiger partial charge on any atom is -0.395 e. The highest BCUT2D eigenvalue weighted by atomic mass is 16.3. The standard InChI is InChI=1S/C18H30N2O/c1-15-10-16(2)12-17(11-15)13-19-7-3-4-8-20-9-5-6-18(20)14-21/h10-12,18-19,21H,3-9,13-14H2,1-2H3. The normalized spacial score (nSPS) is 19.3. The first-order valence-electron chi connectivity index (χ1n) is 8.32. The van der Waals surface area contributed by atoms with Crippen LogP contribution in [0.5, 0.6) is 0 Å². The highest BCUT2D eigenvalue weighted by Gasteiger charge is 2.22. The first-order valence-corrected chi connectivity index (χ1v) is 8.32. The Bertz CT molecular complexity index is 413. The summed E-state index contributed by atoms with van der Waals surface area (Å²) in [4.78, 5) is 2.45. The SMILES string of the molecule is Cc1cc(C)cc(CNCCCCN2CCCC2CO)c1. The molecule has 0 amide bonds. The van der Waals surface area contributed by atoms with Crippen LogP contribution in [0.1, 0.15) is 42.4 Å². The van der Waals surface area contributed by atoms with Crippen molar-refractivity contribution in [1.29, 1.82) is 0 Å². The topological polar surface area (TPSA) is 35.5 Å². The van der Waals surface area contributed by atoms with E-state index in [0.717, 1.165) is 19.6 Å². The molecule has 0 bridgehead atoms. The minimum atomic E-state index is 0.324. The van der Waals surface area contributed by atoms with E-state index in [-0.39, 0.29) is 0 Å². The largest absolute Gasteiger partial charge is 0.395 e. The van der Waals surface area contributed by atoms with E-state index in [1.54, 1.807) is 0 Å². The molecule has 0 spiro atoms. The third kappa shape index (κ3) is 5.42. The molecule has 1 unspecified atom stereocenters. The number of nitrogens with one attached hydrogen (secondary N) is 1. The fourth-order valence-electron chi connectivity index (χ4n) is 3.36. The van der Waals surface area contributed by atoms with Gasteiger partial charge in [-0.2, -0.15) is 0 Å². The molecule has 1 aliphatic heterocycles. The van der Waals surface area contributed by atoms with Crippen LogP contribution in [0.3, 0.4) is 0 Å². The summed E-state index contributed by atoms with van der Waals surface area (Å²) in [5, 5.41) is 12.8. The van der Waals surface area contributed by atoms with Gasteiger partial charge in [-0.15, -0.1) is 0 Å². The van der Waals surface area contributed by atoms with E-state index in [9.17, 15) is 5.11 Å². The molecule has 0 aromatic heterocycles. The number of unbranched alkanes of at least 4 members (excludes halogenated alkanes) is 1. The van der Waals surface area contributed by atoms with Crippen LogP contribution in [0, 0.1) is 13.8 Å². The average Bonchev–Trinajstić information content (AvgIpc) is 2.89. The molecule has 1 aromatic rings. The molecular weight excluding hydrogens is 260 g/mol. The van der Waals surface area contributed by atoms with Crippen molar-refractivity contribution in [3.8, 4) is 0 Å². The number of aliphatic hydroxyl groups is 1. The molecule has 2 N–H and O–H groups in total. The maximum Gasteiger partial charge on any atom is 0.0586 e. The molecule has 1 heterocycles. The number of aliphatic hydroxyl groups excluding tert-OH is 1. The van der Waals surface area contributed by atoms with E-state index in [4.69, 9.17) is 0 Å². The van der Waals surface area contributed by atoms with Gasteiger partial charge in [0.25, 0.3) is 0 Å². The molecule has 21 heavy (non-hydrogen) atoms. The molecule has 1 saturated heterocycles. The predicted octanol–water partition coefficient (Wildman–Crippen LogP) is 2.63. The predicted molar refractivity (Wildman–Crippen MR) is 88.5 cm³/mol. The number of likely N-dealkylation sites (tertiary alicyclic amines) is 1.